The fraction of sp³-hybridized carbons (Fsp3) is 0.278. The van der Waals surface area contributed by atoms with Crippen LogP contribution >= 0.6 is 0 Å². The third-order valence-electron chi connectivity index (χ3n) is 3.72. The summed E-state index contributed by atoms with van der Waals surface area (Å²) in [6.07, 6.45) is 0. The molecule has 2 aromatic rings. The Hall–Kier alpha value is -2.54. The number of benzene rings is 2. The maximum atomic E-state index is 13.0. The van der Waals surface area contributed by atoms with Crippen LogP contribution in [0, 0.1) is 0 Å². The Morgan fingerprint density at radius 2 is 1.52 bits per heavy atom. The second-order valence-electron chi connectivity index (χ2n) is 6.15. The molecule has 2 rings (SSSR count). The van der Waals surface area contributed by atoms with E-state index in [-0.39, 0.29) is 15.7 Å². The second kappa shape index (κ2) is 7.14. The van der Waals surface area contributed by atoms with Crippen LogP contribution in [0.2, 0.25) is 0 Å². The second-order valence-corrected chi connectivity index (χ2v) is 8.07. The lowest BCUT2D eigenvalue weighted by atomic mass is 10.2. The Labute approximate surface area is 149 Å². The van der Waals surface area contributed by atoms with Gasteiger partial charge >= 0.3 is 0 Å². The minimum Gasteiger partial charge on any atom is -0.378 e. The van der Waals surface area contributed by atoms with Crippen molar-refractivity contribution in [1.82, 2.24) is 0 Å². The lowest BCUT2D eigenvalue weighted by molar-refractivity contribution is -0.114. The number of amides is 1. The highest BCUT2D eigenvalue weighted by atomic mass is 32.2. The number of sulfone groups is 1. The number of nitrogens with zero attached hydrogens (tertiary/aromatic N) is 2. The summed E-state index contributed by atoms with van der Waals surface area (Å²) < 4.78 is 26.1. The first-order valence-electron chi connectivity index (χ1n) is 7.74. The molecule has 0 aliphatic heterocycles. The van der Waals surface area contributed by atoms with Crippen LogP contribution in [0.25, 0.3) is 0 Å². The Kier molecular flexibility index (Phi) is 5.37. The number of hydrogen-bond donors (Lipinski definition) is 1. The van der Waals surface area contributed by atoms with Gasteiger partial charge in [-0.05, 0) is 42.5 Å². The van der Waals surface area contributed by atoms with E-state index in [1.54, 1.807) is 29.2 Å². The molecule has 0 saturated carbocycles. The van der Waals surface area contributed by atoms with E-state index in [4.69, 9.17) is 0 Å². The van der Waals surface area contributed by atoms with Gasteiger partial charge in [0.2, 0.25) is 15.7 Å². The molecule has 134 valence electrons. The van der Waals surface area contributed by atoms with E-state index < -0.39 is 9.84 Å². The van der Waals surface area contributed by atoms with E-state index in [9.17, 15) is 13.2 Å². The van der Waals surface area contributed by atoms with Crippen LogP contribution in [0.1, 0.15) is 6.92 Å². The van der Waals surface area contributed by atoms with Crippen molar-refractivity contribution < 1.29 is 13.2 Å². The molecule has 7 heteroatoms. The highest BCUT2D eigenvalue weighted by Gasteiger charge is 2.23. The van der Waals surface area contributed by atoms with Crippen molar-refractivity contribution in [3.8, 4) is 0 Å². The summed E-state index contributed by atoms with van der Waals surface area (Å²) in [6, 6.07) is 11.4. The van der Waals surface area contributed by atoms with Gasteiger partial charge in [-0.15, -0.1) is 0 Å². The highest BCUT2D eigenvalue weighted by molar-refractivity contribution is 7.91. The summed E-state index contributed by atoms with van der Waals surface area (Å²) >= 11 is 0. The molecule has 0 aromatic heterocycles. The summed E-state index contributed by atoms with van der Waals surface area (Å²) in [7, 11) is 3.76. The van der Waals surface area contributed by atoms with E-state index in [1.165, 1.54) is 19.1 Å². The number of carbonyl (C=O) groups is 1. The molecular formula is C18H23N3O3S. The Morgan fingerprint density at radius 3 is 2.00 bits per heavy atom. The minimum atomic E-state index is -3.68. The predicted molar refractivity (Wildman–Crippen MR) is 101 cm³/mol. The van der Waals surface area contributed by atoms with Crippen LogP contribution in [0.15, 0.2) is 52.3 Å². The fourth-order valence-corrected chi connectivity index (χ4v) is 3.92. The van der Waals surface area contributed by atoms with Crippen molar-refractivity contribution in [3.05, 3.63) is 42.5 Å². The lowest BCUT2D eigenvalue weighted by Crippen LogP contribution is -2.16. The third kappa shape index (κ3) is 4.11. The number of hydrogen-bond acceptors (Lipinski definition) is 5. The van der Waals surface area contributed by atoms with Crippen molar-refractivity contribution in [2.75, 3.05) is 43.3 Å². The molecule has 0 atom stereocenters. The first-order chi connectivity index (χ1) is 11.6. The molecule has 0 spiro atoms. The Balaban J connectivity index is 2.50. The van der Waals surface area contributed by atoms with Gasteiger partial charge in [0.05, 0.1) is 15.5 Å². The van der Waals surface area contributed by atoms with Crippen molar-refractivity contribution in [1.29, 1.82) is 0 Å². The summed E-state index contributed by atoms with van der Waals surface area (Å²) in [5.74, 6) is -0.204. The quantitative estimate of drug-likeness (QED) is 0.886. The monoisotopic (exact) mass is 361 g/mol. The standard InChI is InChI=1S/C18H23N3O3S/c1-13(22)19-14-6-9-16(10-7-14)25(23,24)18-11-8-15(20(2)3)12-17(18)21(4)5/h6-12H,1-5H3,(H,19,22). The van der Waals surface area contributed by atoms with Crippen LogP contribution in [0.3, 0.4) is 0 Å². The molecule has 0 aliphatic carbocycles. The molecule has 2 aromatic carbocycles. The highest BCUT2D eigenvalue weighted by Crippen LogP contribution is 2.32. The van der Waals surface area contributed by atoms with Gasteiger partial charge in [0.1, 0.15) is 0 Å². The van der Waals surface area contributed by atoms with Gasteiger partial charge in [-0.25, -0.2) is 8.42 Å². The topological polar surface area (TPSA) is 69.7 Å². The van der Waals surface area contributed by atoms with Crippen molar-refractivity contribution in [3.63, 3.8) is 0 Å². The van der Waals surface area contributed by atoms with E-state index in [0.29, 0.717) is 11.4 Å². The van der Waals surface area contributed by atoms with Gasteiger partial charge in [0.25, 0.3) is 0 Å². The Bertz CT molecular complexity index is 873. The molecule has 0 aliphatic rings. The van der Waals surface area contributed by atoms with Gasteiger partial charge in [0, 0.05) is 46.5 Å². The molecule has 0 unspecified atom stereocenters. The molecule has 0 bridgehead atoms. The first kappa shape index (κ1) is 18.8. The third-order valence-corrected chi connectivity index (χ3v) is 5.53. The van der Waals surface area contributed by atoms with Crippen LogP contribution in [-0.2, 0) is 14.6 Å². The summed E-state index contributed by atoms with van der Waals surface area (Å²) in [6.45, 7) is 1.40. The zero-order valence-electron chi connectivity index (χ0n) is 15.1. The molecule has 1 amide bonds. The van der Waals surface area contributed by atoms with E-state index in [2.05, 4.69) is 5.32 Å². The maximum Gasteiger partial charge on any atom is 0.221 e. The minimum absolute atomic E-state index is 0.183. The average molecular weight is 361 g/mol. The largest absolute Gasteiger partial charge is 0.378 e. The van der Waals surface area contributed by atoms with E-state index in [1.807, 2.05) is 39.2 Å². The number of anilines is 3. The van der Waals surface area contributed by atoms with Crippen LogP contribution < -0.4 is 15.1 Å². The zero-order valence-corrected chi connectivity index (χ0v) is 15.9. The van der Waals surface area contributed by atoms with Gasteiger partial charge < -0.3 is 15.1 Å². The number of carbonyl (C=O) groups excluding carboxylic acids is 1. The molecular weight excluding hydrogens is 338 g/mol. The zero-order chi connectivity index (χ0) is 18.8. The fourth-order valence-electron chi connectivity index (χ4n) is 2.41. The van der Waals surface area contributed by atoms with Gasteiger partial charge in [-0.2, -0.15) is 0 Å². The molecule has 0 saturated heterocycles. The molecule has 1 N–H and O–H groups in total. The van der Waals surface area contributed by atoms with Crippen LogP contribution in [0.4, 0.5) is 17.1 Å². The normalized spacial score (nSPS) is 11.1. The van der Waals surface area contributed by atoms with Crippen LogP contribution in [-0.4, -0.2) is 42.5 Å². The Morgan fingerprint density at radius 1 is 0.920 bits per heavy atom. The van der Waals surface area contributed by atoms with Gasteiger partial charge in [-0.1, -0.05) is 0 Å². The van der Waals surface area contributed by atoms with Crippen molar-refractivity contribution in [2.24, 2.45) is 0 Å². The van der Waals surface area contributed by atoms with Gasteiger partial charge in [0.15, 0.2) is 0 Å². The van der Waals surface area contributed by atoms with Crippen molar-refractivity contribution >= 4 is 32.8 Å². The van der Waals surface area contributed by atoms with Crippen LogP contribution in [0.5, 0.6) is 0 Å². The molecule has 25 heavy (non-hydrogen) atoms. The predicted octanol–water partition coefficient (Wildman–Crippen LogP) is 2.61. The number of rotatable bonds is 5. The van der Waals surface area contributed by atoms with E-state index in [0.717, 1.165) is 5.69 Å². The van der Waals surface area contributed by atoms with Gasteiger partial charge in [-0.3, -0.25) is 4.79 Å². The first-order valence-corrected chi connectivity index (χ1v) is 9.22. The summed E-state index contributed by atoms with van der Waals surface area (Å²) in [5, 5.41) is 2.63. The summed E-state index contributed by atoms with van der Waals surface area (Å²) in [4.78, 5) is 15.2. The lowest BCUT2D eigenvalue weighted by Gasteiger charge is -2.21. The van der Waals surface area contributed by atoms with Crippen molar-refractivity contribution in [2.45, 2.75) is 16.7 Å². The smallest absolute Gasteiger partial charge is 0.221 e. The molecule has 0 fully saturated rings. The summed E-state index contributed by atoms with van der Waals surface area (Å²) in [5.41, 5.74) is 2.10. The van der Waals surface area contributed by atoms with E-state index >= 15 is 0 Å². The number of nitrogens with one attached hydrogen (secondary N) is 1. The maximum absolute atomic E-state index is 13.0. The SMILES string of the molecule is CC(=O)Nc1ccc(S(=O)(=O)c2ccc(N(C)C)cc2N(C)C)cc1. The molecule has 0 radical (unpaired) electrons. The molecule has 0 heterocycles. The molecule has 6 nitrogen and oxygen atoms in total. The average Bonchev–Trinajstić information content (AvgIpc) is 2.54.